The number of amides is 1. The van der Waals surface area contributed by atoms with Gasteiger partial charge in [0.25, 0.3) is 5.91 Å². The van der Waals surface area contributed by atoms with Gasteiger partial charge in [-0.25, -0.2) is 4.98 Å². The number of carbonyl (C=O) groups is 1. The van der Waals surface area contributed by atoms with Crippen LogP contribution in [0.15, 0.2) is 18.2 Å². The Morgan fingerprint density at radius 2 is 2.05 bits per heavy atom. The second-order valence-corrected chi connectivity index (χ2v) is 5.38. The Morgan fingerprint density at radius 3 is 2.70 bits per heavy atom. The molecule has 8 heteroatoms. The third-order valence-electron chi connectivity index (χ3n) is 2.82. The van der Waals surface area contributed by atoms with Crippen molar-refractivity contribution in [2.75, 3.05) is 43.4 Å². The van der Waals surface area contributed by atoms with Crippen molar-refractivity contribution in [2.24, 2.45) is 0 Å². The second kappa shape index (κ2) is 10.1. The number of thioether (sulfide) groups is 1. The fraction of sp³-hybridized carbons (Fsp3) is 0.500. The number of aromatic nitrogens is 1. The fourth-order valence-corrected chi connectivity index (χ4v) is 2.80. The van der Waals surface area contributed by atoms with Crippen LogP contribution >= 0.6 is 36.6 Å². The number of pyridine rings is 1. The highest BCUT2D eigenvalue weighted by Crippen LogP contribution is 2.08. The molecule has 3 N–H and O–H groups in total. The van der Waals surface area contributed by atoms with Crippen LogP contribution in [0.1, 0.15) is 10.5 Å². The Labute approximate surface area is 135 Å². The molecule has 1 aromatic rings. The number of anilines is 1. The van der Waals surface area contributed by atoms with Gasteiger partial charge >= 0.3 is 0 Å². The molecule has 1 aliphatic rings. The van der Waals surface area contributed by atoms with Crippen LogP contribution in [0.2, 0.25) is 0 Å². The Kier molecular flexibility index (Phi) is 9.75. The van der Waals surface area contributed by atoms with Crippen molar-refractivity contribution < 1.29 is 4.79 Å². The number of nitrogens with two attached hydrogens (primary N) is 1. The van der Waals surface area contributed by atoms with E-state index in [-0.39, 0.29) is 30.7 Å². The van der Waals surface area contributed by atoms with E-state index >= 15 is 0 Å². The molecule has 1 saturated heterocycles. The summed E-state index contributed by atoms with van der Waals surface area (Å²) in [5, 5.41) is 2.87. The van der Waals surface area contributed by atoms with Crippen LogP contribution in [0.25, 0.3) is 0 Å². The molecule has 2 rings (SSSR count). The average Bonchev–Trinajstić information content (AvgIpc) is 2.40. The maximum Gasteiger partial charge on any atom is 0.270 e. The van der Waals surface area contributed by atoms with Gasteiger partial charge in [-0.15, -0.1) is 24.8 Å². The smallest absolute Gasteiger partial charge is 0.270 e. The standard InChI is InChI=1S/C12H18N4OS.2ClH/c13-11-3-1-2-10(15-11)12(17)14-4-5-16-6-8-18-9-7-16;;/h1-3H,4-9H2,(H2,13,15)(H,14,17);2*1H. The average molecular weight is 339 g/mol. The van der Waals surface area contributed by atoms with E-state index in [1.165, 1.54) is 11.5 Å². The normalized spacial score (nSPS) is 14.8. The van der Waals surface area contributed by atoms with E-state index in [0.717, 1.165) is 19.6 Å². The van der Waals surface area contributed by atoms with Crippen LogP contribution in [0.4, 0.5) is 5.82 Å². The minimum atomic E-state index is -0.159. The zero-order valence-electron chi connectivity index (χ0n) is 11.1. The molecule has 1 aromatic heterocycles. The third-order valence-corrected chi connectivity index (χ3v) is 3.76. The van der Waals surface area contributed by atoms with Crippen LogP contribution in [-0.2, 0) is 0 Å². The van der Waals surface area contributed by atoms with E-state index < -0.39 is 0 Å². The predicted octanol–water partition coefficient (Wildman–Crippen LogP) is 1.29. The van der Waals surface area contributed by atoms with Crippen LogP contribution in [0, 0.1) is 0 Å². The minimum absolute atomic E-state index is 0. The van der Waals surface area contributed by atoms with E-state index in [4.69, 9.17) is 5.73 Å². The lowest BCUT2D eigenvalue weighted by Gasteiger charge is -2.25. The Balaban J connectivity index is 0.00000180. The van der Waals surface area contributed by atoms with Gasteiger partial charge < -0.3 is 11.1 Å². The first-order valence-corrected chi connectivity index (χ1v) is 7.22. The number of hydrogen-bond donors (Lipinski definition) is 2. The van der Waals surface area contributed by atoms with Crippen molar-refractivity contribution in [1.82, 2.24) is 15.2 Å². The molecule has 5 nitrogen and oxygen atoms in total. The third kappa shape index (κ3) is 6.17. The van der Waals surface area contributed by atoms with Gasteiger partial charge in [-0.2, -0.15) is 11.8 Å². The number of nitrogens with one attached hydrogen (secondary N) is 1. The molecule has 1 aliphatic heterocycles. The molecule has 0 radical (unpaired) electrons. The van der Waals surface area contributed by atoms with Gasteiger partial charge in [0.1, 0.15) is 11.5 Å². The van der Waals surface area contributed by atoms with E-state index in [1.807, 2.05) is 11.8 Å². The molecule has 0 aliphatic carbocycles. The van der Waals surface area contributed by atoms with E-state index in [0.29, 0.717) is 18.1 Å². The van der Waals surface area contributed by atoms with Gasteiger partial charge in [-0.05, 0) is 12.1 Å². The highest BCUT2D eigenvalue weighted by molar-refractivity contribution is 7.99. The summed E-state index contributed by atoms with van der Waals surface area (Å²) in [6.45, 7) is 3.77. The summed E-state index contributed by atoms with van der Waals surface area (Å²) < 4.78 is 0. The van der Waals surface area contributed by atoms with Crippen LogP contribution < -0.4 is 11.1 Å². The SMILES string of the molecule is Cl.Cl.Nc1cccc(C(=O)NCCN2CCSCC2)n1. The van der Waals surface area contributed by atoms with E-state index in [9.17, 15) is 4.79 Å². The van der Waals surface area contributed by atoms with Gasteiger partial charge in [0.2, 0.25) is 0 Å². The highest BCUT2D eigenvalue weighted by Gasteiger charge is 2.11. The van der Waals surface area contributed by atoms with E-state index in [1.54, 1.807) is 18.2 Å². The van der Waals surface area contributed by atoms with Crippen molar-refractivity contribution >= 4 is 48.3 Å². The second-order valence-electron chi connectivity index (χ2n) is 4.16. The van der Waals surface area contributed by atoms with Gasteiger partial charge in [-0.1, -0.05) is 6.07 Å². The number of hydrogen-bond acceptors (Lipinski definition) is 5. The Morgan fingerprint density at radius 1 is 1.35 bits per heavy atom. The maximum absolute atomic E-state index is 11.8. The zero-order valence-corrected chi connectivity index (χ0v) is 13.5. The lowest BCUT2D eigenvalue weighted by molar-refractivity contribution is 0.0944. The molecule has 1 amide bonds. The number of halogens is 2. The molecule has 1 fully saturated rings. The number of rotatable bonds is 4. The first kappa shape index (κ1) is 19.3. The first-order valence-electron chi connectivity index (χ1n) is 6.06. The monoisotopic (exact) mass is 338 g/mol. The zero-order chi connectivity index (χ0) is 12.8. The van der Waals surface area contributed by atoms with Crippen molar-refractivity contribution in [3.05, 3.63) is 23.9 Å². The molecule has 114 valence electrons. The number of nitrogen functional groups attached to an aromatic ring is 1. The van der Waals surface area contributed by atoms with Gasteiger partial charge in [0.15, 0.2) is 0 Å². The summed E-state index contributed by atoms with van der Waals surface area (Å²) in [4.78, 5) is 18.1. The molecular formula is C12H20Cl2N4OS. The maximum atomic E-state index is 11.8. The van der Waals surface area contributed by atoms with Gasteiger partial charge in [0, 0.05) is 37.7 Å². The summed E-state index contributed by atoms with van der Waals surface area (Å²) >= 11 is 1.98. The molecular weight excluding hydrogens is 319 g/mol. The molecule has 0 aromatic carbocycles. The number of nitrogens with zero attached hydrogens (tertiary/aromatic N) is 2. The lowest BCUT2D eigenvalue weighted by atomic mass is 10.3. The summed E-state index contributed by atoms with van der Waals surface area (Å²) in [5.41, 5.74) is 5.92. The lowest BCUT2D eigenvalue weighted by Crippen LogP contribution is -2.39. The summed E-state index contributed by atoms with van der Waals surface area (Å²) in [7, 11) is 0. The van der Waals surface area contributed by atoms with Crippen LogP contribution in [-0.4, -0.2) is 53.5 Å². The van der Waals surface area contributed by atoms with Crippen LogP contribution in [0.5, 0.6) is 0 Å². The van der Waals surface area contributed by atoms with Gasteiger partial charge in [0.05, 0.1) is 0 Å². The van der Waals surface area contributed by atoms with Gasteiger partial charge in [-0.3, -0.25) is 9.69 Å². The topological polar surface area (TPSA) is 71.2 Å². The molecule has 0 atom stereocenters. The summed E-state index contributed by atoms with van der Waals surface area (Å²) in [6, 6.07) is 5.07. The Hall–Kier alpha value is -0.690. The van der Waals surface area contributed by atoms with Crippen LogP contribution in [0.3, 0.4) is 0 Å². The quantitative estimate of drug-likeness (QED) is 0.865. The van der Waals surface area contributed by atoms with Crippen molar-refractivity contribution in [3.8, 4) is 0 Å². The summed E-state index contributed by atoms with van der Waals surface area (Å²) in [6.07, 6.45) is 0. The number of carbonyl (C=O) groups excluding carboxylic acids is 1. The molecule has 0 unspecified atom stereocenters. The van der Waals surface area contributed by atoms with Crippen molar-refractivity contribution in [3.63, 3.8) is 0 Å². The summed E-state index contributed by atoms with van der Waals surface area (Å²) in [5.74, 6) is 2.58. The predicted molar refractivity (Wildman–Crippen MR) is 89.2 cm³/mol. The highest BCUT2D eigenvalue weighted by atomic mass is 35.5. The molecule has 0 bridgehead atoms. The van der Waals surface area contributed by atoms with E-state index in [2.05, 4.69) is 15.2 Å². The molecule has 0 spiro atoms. The minimum Gasteiger partial charge on any atom is -0.384 e. The largest absolute Gasteiger partial charge is 0.384 e. The van der Waals surface area contributed by atoms with Crippen molar-refractivity contribution in [1.29, 1.82) is 0 Å². The molecule has 0 saturated carbocycles. The molecule has 20 heavy (non-hydrogen) atoms. The molecule has 2 heterocycles. The first-order chi connectivity index (χ1) is 8.75. The Bertz CT molecular complexity index is 416. The fourth-order valence-electron chi connectivity index (χ4n) is 1.82. The van der Waals surface area contributed by atoms with Crippen molar-refractivity contribution in [2.45, 2.75) is 0 Å².